The van der Waals surface area contributed by atoms with Gasteiger partial charge in [0.1, 0.15) is 0 Å². The molecule has 0 spiro atoms. The SMILES string of the molecule is CCCC(=O)OC(C(=O)O)C(OC(=O)CCC)C(=O)O. The van der Waals surface area contributed by atoms with Crippen molar-refractivity contribution in [3.05, 3.63) is 0 Å². The smallest absolute Gasteiger partial charge is 0.349 e. The number of aliphatic carboxylic acids is 2. The lowest BCUT2D eigenvalue weighted by atomic mass is 10.2. The van der Waals surface area contributed by atoms with Gasteiger partial charge in [0.05, 0.1) is 0 Å². The molecule has 2 N–H and O–H groups in total. The first-order chi connectivity index (χ1) is 9.33. The molecule has 20 heavy (non-hydrogen) atoms. The van der Waals surface area contributed by atoms with Gasteiger partial charge in [-0.1, -0.05) is 13.8 Å². The Kier molecular flexibility index (Phi) is 7.95. The number of hydrogen-bond donors (Lipinski definition) is 2. The minimum absolute atomic E-state index is 0.0565. The lowest BCUT2D eigenvalue weighted by Gasteiger charge is -2.20. The standard InChI is InChI=1S/C12H18O8/c1-3-5-7(13)19-9(11(15)16)10(12(17)18)20-8(14)6-4-2/h9-10H,3-6H2,1-2H3,(H,15,16)(H,17,18). The van der Waals surface area contributed by atoms with E-state index in [2.05, 4.69) is 9.47 Å². The van der Waals surface area contributed by atoms with Gasteiger partial charge in [-0.3, -0.25) is 9.59 Å². The lowest BCUT2D eigenvalue weighted by molar-refractivity contribution is -0.187. The molecule has 0 bridgehead atoms. The van der Waals surface area contributed by atoms with Crippen molar-refractivity contribution in [3.8, 4) is 0 Å². The van der Waals surface area contributed by atoms with E-state index in [1.165, 1.54) is 0 Å². The second kappa shape index (κ2) is 8.89. The number of carbonyl (C=O) groups is 4. The number of hydrogen-bond acceptors (Lipinski definition) is 6. The molecule has 0 aromatic rings. The highest BCUT2D eigenvalue weighted by Gasteiger charge is 2.40. The van der Waals surface area contributed by atoms with Crippen LogP contribution in [0.1, 0.15) is 39.5 Å². The molecule has 0 heterocycles. The van der Waals surface area contributed by atoms with Crippen molar-refractivity contribution in [3.63, 3.8) is 0 Å². The maximum atomic E-state index is 11.3. The van der Waals surface area contributed by atoms with Crippen molar-refractivity contribution in [2.24, 2.45) is 0 Å². The lowest BCUT2D eigenvalue weighted by Crippen LogP contribution is -2.45. The second-order valence-electron chi connectivity index (χ2n) is 4.00. The minimum Gasteiger partial charge on any atom is -0.478 e. The van der Waals surface area contributed by atoms with Crippen molar-refractivity contribution in [1.29, 1.82) is 0 Å². The summed E-state index contributed by atoms with van der Waals surface area (Å²) in [5.74, 6) is -5.10. The van der Waals surface area contributed by atoms with Crippen LogP contribution in [-0.2, 0) is 28.7 Å². The summed E-state index contributed by atoms with van der Waals surface area (Å²) in [6, 6.07) is 0. The molecule has 114 valence electrons. The van der Waals surface area contributed by atoms with Crippen LogP contribution in [0.15, 0.2) is 0 Å². The highest BCUT2D eigenvalue weighted by Crippen LogP contribution is 2.10. The Morgan fingerprint density at radius 1 is 0.800 bits per heavy atom. The van der Waals surface area contributed by atoms with Gasteiger partial charge < -0.3 is 19.7 Å². The first kappa shape index (κ1) is 17.9. The molecule has 0 aliphatic carbocycles. The van der Waals surface area contributed by atoms with Crippen LogP contribution in [0.3, 0.4) is 0 Å². The fourth-order valence-corrected chi connectivity index (χ4v) is 1.29. The summed E-state index contributed by atoms with van der Waals surface area (Å²) in [6.45, 7) is 3.35. The Labute approximate surface area is 115 Å². The van der Waals surface area contributed by atoms with E-state index in [0.717, 1.165) is 0 Å². The summed E-state index contributed by atoms with van der Waals surface area (Å²) in [5.41, 5.74) is 0. The van der Waals surface area contributed by atoms with Gasteiger partial charge in [0.25, 0.3) is 0 Å². The predicted octanol–water partition coefficient (Wildman–Crippen LogP) is 0.579. The molecule has 0 saturated carbocycles. The van der Waals surface area contributed by atoms with E-state index in [9.17, 15) is 19.2 Å². The van der Waals surface area contributed by atoms with Crippen molar-refractivity contribution < 1.29 is 38.9 Å². The average Bonchev–Trinajstić information content (AvgIpc) is 2.33. The zero-order chi connectivity index (χ0) is 15.7. The Balaban J connectivity index is 4.96. The fraction of sp³-hybridized carbons (Fsp3) is 0.667. The third-order valence-corrected chi connectivity index (χ3v) is 2.19. The van der Waals surface area contributed by atoms with Crippen molar-refractivity contribution in [2.75, 3.05) is 0 Å². The van der Waals surface area contributed by atoms with Gasteiger partial charge >= 0.3 is 23.9 Å². The predicted molar refractivity (Wildman–Crippen MR) is 64.8 cm³/mol. The monoisotopic (exact) mass is 290 g/mol. The molecule has 0 aliphatic heterocycles. The molecule has 0 rings (SSSR count). The molecule has 0 amide bonds. The maximum Gasteiger partial charge on any atom is 0.349 e. The van der Waals surface area contributed by atoms with E-state index in [4.69, 9.17) is 10.2 Å². The number of carboxylic acid groups (broad SMARTS) is 2. The van der Waals surface area contributed by atoms with Gasteiger partial charge in [0, 0.05) is 12.8 Å². The zero-order valence-corrected chi connectivity index (χ0v) is 11.3. The average molecular weight is 290 g/mol. The Morgan fingerprint density at radius 2 is 1.10 bits per heavy atom. The van der Waals surface area contributed by atoms with Gasteiger partial charge in [0.15, 0.2) is 0 Å². The molecule has 0 aliphatic rings. The number of rotatable bonds is 9. The molecular weight excluding hydrogens is 272 g/mol. The van der Waals surface area contributed by atoms with E-state index in [1.54, 1.807) is 13.8 Å². The summed E-state index contributed by atoms with van der Waals surface area (Å²) >= 11 is 0. The van der Waals surface area contributed by atoms with Crippen molar-refractivity contribution in [2.45, 2.75) is 51.7 Å². The van der Waals surface area contributed by atoms with Gasteiger partial charge in [-0.05, 0) is 12.8 Å². The zero-order valence-electron chi connectivity index (χ0n) is 11.3. The summed E-state index contributed by atoms with van der Waals surface area (Å²) in [4.78, 5) is 44.5. The normalized spacial score (nSPS) is 13.1. The number of esters is 2. The topological polar surface area (TPSA) is 127 Å². The minimum atomic E-state index is -2.06. The van der Waals surface area contributed by atoms with Gasteiger partial charge in [-0.25, -0.2) is 9.59 Å². The highest BCUT2D eigenvalue weighted by atomic mass is 16.6. The van der Waals surface area contributed by atoms with Crippen LogP contribution in [0.5, 0.6) is 0 Å². The number of ether oxygens (including phenoxy) is 2. The Morgan fingerprint density at radius 3 is 1.30 bits per heavy atom. The van der Waals surface area contributed by atoms with Gasteiger partial charge in [-0.15, -0.1) is 0 Å². The quantitative estimate of drug-likeness (QED) is 0.590. The molecule has 8 heteroatoms. The number of carbonyl (C=O) groups excluding carboxylic acids is 2. The van der Waals surface area contributed by atoms with E-state index in [-0.39, 0.29) is 12.8 Å². The van der Waals surface area contributed by atoms with Crippen LogP contribution in [0, 0.1) is 0 Å². The van der Waals surface area contributed by atoms with E-state index in [0.29, 0.717) is 12.8 Å². The molecule has 8 nitrogen and oxygen atoms in total. The van der Waals surface area contributed by atoms with E-state index >= 15 is 0 Å². The summed E-state index contributed by atoms with van der Waals surface area (Å²) in [6.07, 6.45) is -3.41. The van der Waals surface area contributed by atoms with Crippen LogP contribution in [-0.4, -0.2) is 46.3 Å². The highest BCUT2D eigenvalue weighted by molar-refractivity contribution is 5.87. The first-order valence-electron chi connectivity index (χ1n) is 6.18. The van der Waals surface area contributed by atoms with E-state index in [1.807, 2.05) is 0 Å². The van der Waals surface area contributed by atoms with Crippen molar-refractivity contribution >= 4 is 23.9 Å². The Bertz CT molecular complexity index is 340. The summed E-state index contributed by atoms with van der Waals surface area (Å²) in [7, 11) is 0. The molecule has 0 fully saturated rings. The molecule has 0 aromatic carbocycles. The molecule has 0 aromatic heterocycles. The van der Waals surface area contributed by atoms with Crippen LogP contribution in [0.25, 0.3) is 0 Å². The van der Waals surface area contributed by atoms with Crippen molar-refractivity contribution in [1.82, 2.24) is 0 Å². The van der Waals surface area contributed by atoms with Crippen LogP contribution in [0.4, 0.5) is 0 Å². The largest absolute Gasteiger partial charge is 0.478 e. The van der Waals surface area contributed by atoms with E-state index < -0.39 is 36.1 Å². The molecular formula is C12H18O8. The third-order valence-electron chi connectivity index (χ3n) is 2.19. The molecule has 2 atom stereocenters. The van der Waals surface area contributed by atoms with Crippen LogP contribution in [0.2, 0.25) is 0 Å². The summed E-state index contributed by atoms with van der Waals surface area (Å²) in [5, 5.41) is 17.8. The number of carboxylic acids is 2. The van der Waals surface area contributed by atoms with Gasteiger partial charge in [-0.2, -0.15) is 0 Å². The van der Waals surface area contributed by atoms with Crippen LogP contribution >= 0.6 is 0 Å². The molecule has 0 saturated heterocycles. The maximum absolute atomic E-state index is 11.3. The fourth-order valence-electron chi connectivity index (χ4n) is 1.29. The first-order valence-corrected chi connectivity index (χ1v) is 6.18. The second-order valence-corrected chi connectivity index (χ2v) is 4.00. The van der Waals surface area contributed by atoms with Gasteiger partial charge in [0.2, 0.25) is 12.2 Å². The molecule has 0 radical (unpaired) electrons. The third kappa shape index (κ3) is 6.17. The molecule has 2 unspecified atom stereocenters. The Hall–Kier alpha value is -2.12. The van der Waals surface area contributed by atoms with Crippen LogP contribution < -0.4 is 0 Å². The summed E-state index contributed by atoms with van der Waals surface area (Å²) < 4.78 is 9.12.